The van der Waals surface area contributed by atoms with Gasteiger partial charge in [0.1, 0.15) is 0 Å². The predicted octanol–water partition coefficient (Wildman–Crippen LogP) is 2.57. The monoisotopic (exact) mass is 255 g/mol. The van der Waals surface area contributed by atoms with Crippen LogP contribution in [0.1, 0.15) is 33.3 Å². The van der Waals surface area contributed by atoms with E-state index in [-0.39, 0.29) is 0 Å². The first-order chi connectivity index (χ1) is 8.15. The van der Waals surface area contributed by atoms with Gasteiger partial charge in [-0.2, -0.15) is 16.9 Å². The van der Waals surface area contributed by atoms with Gasteiger partial charge in [0.2, 0.25) is 0 Å². The molecule has 0 fully saturated rings. The quantitative estimate of drug-likeness (QED) is 0.774. The Balaban J connectivity index is 2.47. The van der Waals surface area contributed by atoms with E-state index in [9.17, 15) is 0 Å². The number of thioether (sulfide) groups is 1. The highest BCUT2D eigenvalue weighted by molar-refractivity contribution is 7.99. The Labute approximate surface area is 109 Å². The molecule has 3 nitrogen and oxygen atoms in total. The molecule has 4 heteroatoms. The zero-order valence-electron chi connectivity index (χ0n) is 11.4. The third-order valence-corrected chi connectivity index (χ3v) is 3.88. The molecule has 17 heavy (non-hydrogen) atoms. The van der Waals surface area contributed by atoms with Crippen LogP contribution in [0.4, 0.5) is 0 Å². The maximum Gasteiger partial charge on any atom is 0.0522 e. The topological polar surface area (TPSA) is 29.9 Å². The van der Waals surface area contributed by atoms with Gasteiger partial charge in [0.25, 0.3) is 0 Å². The summed E-state index contributed by atoms with van der Waals surface area (Å²) < 4.78 is 1.99. The van der Waals surface area contributed by atoms with E-state index < -0.39 is 0 Å². The summed E-state index contributed by atoms with van der Waals surface area (Å²) in [5.41, 5.74) is 1.34. The van der Waals surface area contributed by atoms with E-state index in [0.717, 1.165) is 19.5 Å². The van der Waals surface area contributed by atoms with Crippen LogP contribution in [0, 0.1) is 0 Å². The fraction of sp³-hybridized carbons (Fsp3) is 0.769. The first kappa shape index (κ1) is 14.6. The smallest absolute Gasteiger partial charge is 0.0522 e. The van der Waals surface area contributed by atoms with Gasteiger partial charge in [-0.25, -0.2) is 0 Å². The molecule has 1 heterocycles. The number of rotatable bonds is 8. The number of likely N-dealkylation sites (N-methyl/N-ethyl adjacent to an activating group) is 1. The first-order valence-electron chi connectivity index (χ1n) is 6.52. The van der Waals surface area contributed by atoms with Crippen molar-refractivity contribution in [3.63, 3.8) is 0 Å². The molecule has 1 unspecified atom stereocenters. The standard InChI is InChI=1S/C13H25N3S/c1-5-14-13(10-17-11(3)4)7-12-8-15-16(6-2)9-12/h8-9,11,13-14H,5-7,10H2,1-4H3. The fourth-order valence-electron chi connectivity index (χ4n) is 1.76. The molecular formula is C13H25N3S. The summed E-state index contributed by atoms with van der Waals surface area (Å²) in [7, 11) is 0. The lowest BCUT2D eigenvalue weighted by atomic mass is 10.1. The van der Waals surface area contributed by atoms with E-state index in [4.69, 9.17) is 0 Å². The van der Waals surface area contributed by atoms with Crippen LogP contribution in [0.2, 0.25) is 0 Å². The summed E-state index contributed by atoms with van der Waals surface area (Å²) in [6.07, 6.45) is 5.23. The predicted molar refractivity (Wildman–Crippen MR) is 76.7 cm³/mol. The van der Waals surface area contributed by atoms with Crippen molar-refractivity contribution in [1.82, 2.24) is 15.1 Å². The SMILES string of the molecule is CCNC(CSC(C)C)Cc1cnn(CC)c1. The third kappa shape index (κ3) is 5.59. The summed E-state index contributed by atoms with van der Waals surface area (Å²) in [6, 6.07) is 0.557. The molecule has 0 bridgehead atoms. The molecule has 98 valence electrons. The van der Waals surface area contributed by atoms with E-state index in [1.54, 1.807) is 0 Å². The van der Waals surface area contributed by atoms with Crippen LogP contribution in [0.15, 0.2) is 12.4 Å². The highest BCUT2D eigenvalue weighted by atomic mass is 32.2. The minimum atomic E-state index is 0.557. The van der Waals surface area contributed by atoms with E-state index in [0.29, 0.717) is 11.3 Å². The zero-order valence-corrected chi connectivity index (χ0v) is 12.3. The molecule has 0 saturated heterocycles. The maximum absolute atomic E-state index is 4.33. The van der Waals surface area contributed by atoms with Gasteiger partial charge in [0.15, 0.2) is 0 Å². The van der Waals surface area contributed by atoms with Crippen molar-refractivity contribution < 1.29 is 0 Å². The van der Waals surface area contributed by atoms with Gasteiger partial charge in [-0.15, -0.1) is 0 Å². The van der Waals surface area contributed by atoms with Crippen LogP contribution >= 0.6 is 11.8 Å². The van der Waals surface area contributed by atoms with E-state index in [2.05, 4.69) is 44.3 Å². The van der Waals surface area contributed by atoms with Crippen molar-refractivity contribution in [3.05, 3.63) is 18.0 Å². The van der Waals surface area contributed by atoms with Crippen molar-refractivity contribution in [1.29, 1.82) is 0 Å². The molecule has 0 spiro atoms. The third-order valence-electron chi connectivity index (χ3n) is 2.62. The molecule has 0 aromatic carbocycles. The van der Waals surface area contributed by atoms with Gasteiger partial charge in [0.05, 0.1) is 6.20 Å². The molecular weight excluding hydrogens is 230 g/mol. The normalized spacial score (nSPS) is 13.2. The molecule has 0 aliphatic heterocycles. The molecule has 1 atom stereocenters. The van der Waals surface area contributed by atoms with Crippen LogP contribution in [-0.2, 0) is 13.0 Å². The highest BCUT2D eigenvalue weighted by Gasteiger charge is 2.10. The maximum atomic E-state index is 4.33. The average Bonchev–Trinajstić information content (AvgIpc) is 2.74. The number of hydrogen-bond donors (Lipinski definition) is 1. The van der Waals surface area contributed by atoms with E-state index in [1.807, 2.05) is 22.6 Å². The van der Waals surface area contributed by atoms with Crippen LogP contribution in [0.3, 0.4) is 0 Å². The Kier molecular flexibility index (Phi) is 6.66. The number of nitrogens with zero attached hydrogens (tertiary/aromatic N) is 2. The van der Waals surface area contributed by atoms with E-state index in [1.165, 1.54) is 11.3 Å². The second kappa shape index (κ2) is 7.77. The molecule has 1 aromatic rings. The fourth-order valence-corrected chi connectivity index (χ4v) is 2.61. The molecule has 1 rings (SSSR count). The van der Waals surface area contributed by atoms with Gasteiger partial charge in [-0.3, -0.25) is 4.68 Å². The van der Waals surface area contributed by atoms with Crippen molar-refractivity contribution in [2.24, 2.45) is 0 Å². The van der Waals surface area contributed by atoms with Gasteiger partial charge in [0, 0.05) is 24.5 Å². The van der Waals surface area contributed by atoms with Crippen molar-refractivity contribution in [3.8, 4) is 0 Å². The second-order valence-corrected chi connectivity index (χ2v) is 6.15. The van der Waals surface area contributed by atoms with E-state index >= 15 is 0 Å². The largest absolute Gasteiger partial charge is 0.313 e. The molecule has 1 N–H and O–H groups in total. The molecule has 0 radical (unpaired) electrons. The summed E-state index contributed by atoms with van der Waals surface area (Å²) >= 11 is 2.02. The Bertz CT molecular complexity index is 309. The summed E-state index contributed by atoms with van der Waals surface area (Å²) in [5.74, 6) is 1.17. The summed E-state index contributed by atoms with van der Waals surface area (Å²) in [5, 5.41) is 8.58. The first-order valence-corrected chi connectivity index (χ1v) is 7.56. The van der Waals surface area contributed by atoms with Crippen molar-refractivity contribution >= 4 is 11.8 Å². The lowest BCUT2D eigenvalue weighted by Gasteiger charge is -2.17. The van der Waals surface area contributed by atoms with Crippen molar-refractivity contribution in [2.75, 3.05) is 12.3 Å². The van der Waals surface area contributed by atoms with Gasteiger partial charge in [-0.1, -0.05) is 20.8 Å². The van der Waals surface area contributed by atoms with Crippen LogP contribution < -0.4 is 5.32 Å². The Hall–Kier alpha value is -0.480. The molecule has 0 aliphatic carbocycles. The van der Waals surface area contributed by atoms with Crippen molar-refractivity contribution in [2.45, 2.75) is 52.0 Å². The number of aromatic nitrogens is 2. The van der Waals surface area contributed by atoms with Crippen LogP contribution in [0.25, 0.3) is 0 Å². The Morgan fingerprint density at radius 2 is 2.18 bits per heavy atom. The zero-order chi connectivity index (χ0) is 12.7. The van der Waals surface area contributed by atoms with Crippen LogP contribution in [-0.4, -0.2) is 33.4 Å². The second-order valence-electron chi connectivity index (χ2n) is 4.55. The number of nitrogens with one attached hydrogen (secondary N) is 1. The lowest BCUT2D eigenvalue weighted by Crippen LogP contribution is -2.33. The summed E-state index contributed by atoms with van der Waals surface area (Å²) in [4.78, 5) is 0. The van der Waals surface area contributed by atoms with Crippen LogP contribution in [0.5, 0.6) is 0 Å². The number of aryl methyl sites for hydroxylation is 1. The van der Waals surface area contributed by atoms with Gasteiger partial charge < -0.3 is 5.32 Å². The summed E-state index contributed by atoms with van der Waals surface area (Å²) in [6.45, 7) is 10.8. The Morgan fingerprint density at radius 3 is 2.71 bits per heavy atom. The minimum Gasteiger partial charge on any atom is -0.313 e. The minimum absolute atomic E-state index is 0.557. The molecule has 0 amide bonds. The van der Waals surface area contributed by atoms with Gasteiger partial charge >= 0.3 is 0 Å². The molecule has 0 aliphatic rings. The average molecular weight is 255 g/mol. The highest BCUT2D eigenvalue weighted by Crippen LogP contribution is 2.13. The molecule has 1 aromatic heterocycles. The van der Waals surface area contributed by atoms with Gasteiger partial charge in [-0.05, 0) is 30.7 Å². The lowest BCUT2D eigenvalue weighted by molar-refractivity contribution is 0.571. The Morgan fingerprint density at radius 1 is 1.41 bits per heavy atom. The number of hydrogen-bond acceptors (Lipinski definition) is 3. The molecule has 0 saturated carbocycles.